The van der Waals surface area contributed by atoms with Crippen molar-refractivity contribution in [3.63, 3.8) is 0 Å². The summed E-state index contributed by atoms with van der Waals surface area (Å²) in [4.78, 5) is 16.0. The molecule has 0 fully saturated rings. The van der Waals surface area contributed by atoms with Gasteiger partial charge in [-0.3, -0.25) is 9.79 Å². The zero-order valence-electron chi connectivity index (χ0n) is 15.6. The number of hydrogen-bond donors (Lipinski definition) is 2. The first kappa shape index (κ1) is 19.7. The Labute approximate surface area is 154 Å². The van der Waals surface area contributed by atoms with Crippen molar-refractivity contribution in [1.29, 1.82) is 0 Å². The summed E-state index contributed by atoms with van der Waals surface area (Å²) in [6.07, 6.45) is 2.75. The van der Waals surface area contributed by atoms with Gasteiger partial charge >= 0.3 is 0 Å². The molecule has 140 valence electrons. The molecule has 1 aromatic carbocycles. The van der Waals surface area contributed by atoms with E-state index in [1.165, 1.54) is 0 Å². The third-order valence-corrected chi connectivity index (χ3v) is 3.92. The summed E-state index contributed by atoms with van der Waals surface area (Å²) in [6.45, 7) is 5.60. The average molecular weight is 356 g/mol. The molecule has 2 N–H and O–H groups in total. The smallest absolute Gasteiger partial charge is 0.250 e. The highest BCUT2D eigenvalue weighted by atomic mass is 16.5. The fraction of sp³-hybridized carbons (Fsp3) is 0.400. The first-order chi connectivity index (χ1) is 12.7. The minimum Gasteiger partial charge on any atom is -0.382 e. The molecule has 0 spiro atoms. The van der Waals surface area contributed by atoms with Gasteiger partial charge in [-0.15, -0.1) is 0 Å². The van der Waals surface area contributed by atoms with Crippen LogP contribution in [0.1, 0.15) is 24.5 Å². The molecule has 1 heterocycles. The van der Waals surface area contributed by atoms with Crippen LogP contribution in [-0.4, -0.2) is 37.3 Å². The molecule has 0 aliphatic heterocycles. The Hall–Kier alpha value is -2.60. The van der Waals surface area contributed by atoms with Gasteiger partial charge in [0.1, 0.15) is 0 Å². The number of hydrogen-bond acceptors (Lipinski definition) is 3. The Morgan fingerprint density at radius 1 is 1.12 bits per heavy atom. The lowest BCUT2D eigenvalue weighted by molar-refractivity contribution is 0.145. The molecule has 6 nitrogen and oxygen atoms in total. The summed E-state index contributed by atoms with van der Waals surface area (Å²) in [5.74, 6) is 0.779. The number of aromatic nitrogens is 1. The van der Waals surface area contributed by atoms with Gasteiger partial charge in [0, 0.05) is 45.6 Å². The van der Waals surface area contributed by atoms with E-state index in [0.29, 0.717) is 13.1 Å². The van der Waals surface area contributed by atoms with E-state index in [1.54, 1.807) is 29.9 Å². The third kappa shape index (κ3) is 6.72. The Balaban J connectivity index is 1.79. The molecular formula is C20H28N4O2. The highest BCUT2D eigenvalue weighted by molar-refractivity contribution is 5.79. The van der Waals surface area contributed by atoms with E-state index in [9.17, 15) is 4.79 Å². The largest absolute Gasteiger partial charge is 0.382 e. The van der Waals surface area contributed by atoms with E-state index in [-0.39, 0.29) is 5.56 Å². The average Bonchev–Trinajstić information content (AvgIpc) is 2.67. The highest BCUT2D eigenvalue weighted by Crippen LogP contribution is 2.05. The fourth-order valence-electron chi connectivity index (χ4n) is 2.48. The van der Waals surface area contributed by atoms with Crippen molar-refractivity contribution in [1.82, 2.24) is 15.2 Å². The van der Waals surface area contributed by atoms with Crippen LogP contribution in [0.2, 0.25) is 0 Å². The minimum absolute atomic E-state index is 0.0115. The molecule has 26 heavy (non-hydrogen) atoms. The molecule has 0 bridgehead atoms. The molecule has 0 aliphatic rings. The molecule has 2 aromatic rings. The molecule has 2 rings (SSSR count). The van der Waals surface area contributed by atoms with Gasteiger partial charge in [0.2, 0.25) is 0 Å². The van der Waals surface area contributed by atoms with Crippen molar-refractivity contribution < 1.29 is 4.74 Å². The lowest BCUT2D eigenvalue weighted by atomic mass is 10.1. The Morgan fingerprint density at radius 3 is 2.58 bits per heavy atom. The third-order valence-electron chi connectivity index (χ3n) is 3.92. The SMILES string of the molecule is CCOCCCNC(=NC)NCc1ccc(Cn2ccccc2=O)cc1. The maximum atomic E-state index is 11.8. The second kappa shape index (κ2) is 11.1. The standard InChI is InChI=1S/C20H28N4O2/c1-3-26-14-6-12-22-20(21-2)23-15-17-8-10-18(11-9-17)16-24-13-5-4-7-19(24)25/h4-5,7-11,13H,3,6,12,14-16H2,1-2H3,(H2,21,22,23). The molecule has 0 atom stereocenters. The van der Waals surface area contributed by atoms with Crippen LogP contribution in [0.4, 0.5) is 0 Å². The second-order valence-corrected chi connectivity index (χ2v) is 5.89. The van der Waals surface area contributed by atoms with Crippen molar-refractivity contribution in [2.75, 3.05) is 26.8 Å². The number of nitrogens with one attached hydrogen (secondary N) is 2. The molecular weight excluding hydrogens is 328 g/mol. The van der Waals surface area contributed by atoms with E-state index in [0.717, 1.165) is 43.3 Å². The quantitative estimate of drug-likeness (QED) is 0.410. The predicted molar refractivity (Wildman–Crippen MR) is 106 cm³/mol. The van der Waals surface area contributed by atoms with Crippen LogP contribution in [-0.2, 0) is 17.8 Å². The van der Waals surface area contributed by atoms with E-state index < -0.39 is 0 Å². The molecule has 0 saturated carbocycles. The van der Waals surface area contributed by atoms with Gasteiger partial charge in [-0.05, 0) is 30.5 Å². The topological polar surface area (TPSA) is 67.7 Å². The van der Waals surface area contributed by atoms with Crippen molar-refractivity contribution in [2.24, 2.45) is 4.99 Å². The number of pyridine rings is 1. The monoisotopic (exact) mass is 356 g/mol. The van der Waals surface area contributed by atoms with E-state index in [2.05, 4.69) is 39.9 Å². The van der Waals surface area contributed by atoms with Crippen LogP contribution in [0, 0.1) is 0 Å². The Morgan fingerprint density at radius 2 is 1.88 bits per heavy atom. The van der Waals surface area contributed by atoms with Crippen LogP contribution in [0.15, 0.2) is 58.4 Å². The Bertz CT molecular complexity index is 738. The van der Waals surface area contributed by atoms with Crippen molar-refractivity contribution >= 4 is 5.96 Å². The van der Waals surface area contributed by atoms with Crippen molar-refractivity contribution in [2.45, 2.75) is 26.4 Å². The molecule has 6 heteroatoms. The lowest BCUT2D eigenvalue weighted by Gasteiger charge is -2.12. The maximum absolute atomic E-state index is 11.8. The zero-order chi connectivity index (χ0) is 18.6. The summed E-state index contributed by atoms with van der Waals surface area (Å²) in [5, 5.41) is 6.57. The van der Waals surface area contributed by atoms with Crippen molar-refractivity contribution in [3.05, 3.63) is 70.1 Å². The van der Waals surface area contributed by atoms with Gasteiger partial charge in [0.25, 0.3) is 5.56 Å². The van der Waals surface area contributed by atoms with Gasteiger partial charge in [-0.2, -0.15) is 0 Å². The molecule has 0 saturated heterocycles. The van der Waals surface area contributed by atoms with Crippen LogP contribution >= 0.6 is 0 Å². The molecule has 0 unspecified atom stereocenters. The Kier molecular flexibility index (Phi) is 8.42. The van der Waals surface area contributed by atoms with Crippen LogP contribution in [0.5, 0.6) is 0 Å². The number of aliphatic imine (C=N–C) groups is 1. The van der Waals surface area contributed by atoms with Crippen LogP contribution in [0.3, 0.4) is 0 Å². The van der Waals surface area contributed by atoms with Gasteiger partial charge in [0.05, 0.1) is 6.54 Å². The summed E-state index contributed by atoms with van der Waals surface area (Å²) in [6, 6.07) is 13.4. The number of nitrogens with zero attached hydrogens (tertiary/aromatic N) is 2. The van der Waals surface area contributed by atoms with Gasteiger partial charge < -0.3 is 19.9 Å². The predicted octanol–water partition coefficient (Wildman–Crippen LogP) is 1.99. The van der Waals surface area contributed by atoms with E-state index in [1.807, 2.05) is 13.0 Å². The molecule has 1 aromatic heterocycles. The summed E-state index contributed by atoms with van der Waals surface area (Å²) >= 11 is 0. The summed E-state index contributed by atoms with van der Waals surface area (Å²) in [5.41, 5.74) is 2.27. The summed E-state index contributed by atoms with van der Waals surface area (Å²) < 4.78 is 7.01. The fourth-order valence-corrected chi connectivity index (χ4v) is 2.48. The molecule has 0 amide bonds. The lowest BCUT2D eigenvalue weighted by Crippen LogP contribution is -2.37. The summed E-state index contributed by atoms with van der Waals surface area (Å²) in [7, 11) is 1.76. The number of guanidine groups is 1. The number of benzene rings is 1. The van der Waals surface area contributed by atoms with Gasteiger partial charge in [-0.25, -0.2) is 0 Å². The van der Waals surface area contributed by atoms with E-state index >= 15 is 0 Å². The maximum Gasteiger partial charge on any atom is 0.250 e. The first-order valence-electron chi connectivity index (χ1n) is 8.98. The van der Waals surface area contributed by atoms with Crippen molar-refractivity contribution in [3.8, 4) is 0 Å². The minimum atomic E-state index is 0.0115. The van der Waals surface area contributed by atoms with E-state index in [4.69, 9.17) is 4.74 Å². The molecule has 0 aliphatic carbocycles. The molecule has 0 radical (unpaired) electrons. The number of rotatable bonds is 9. The van der Waals surface area contributed by atoms with Gasteiger partial charge in [-0.1, -0.05) is 30.3 Å². The zero-order valence-corrected chi connectivity index (χ0v) is 15.6. The second-order valence-electron chi connectivity index (χ2n) is 5.89. The van der Waals surface area contributed by atoms with Gasteiger partial charge in [0.15, 0.2) is 5.96 Å². The number of ether oxygens (including phenoxy) is 1. The van der Waals surface area contributed by atoms with Crippen LogP contribution < -0.4 is 16.2 Å². The van der Waals surface area contributed by atoms with Crippen LogP contribution in [0.25, 0.3) is 0 Å². The normalized spacial score (nSPS) is 11.4. The highest BCUT2D eigenvalue weighted by Gasteiger charge is 2.00. The first-order valence-corrected chi connectivity index (χ1v) is 8.98.